The second-order valence-electron chi connectivity index (χ2n) is 4.04. The summed E-state index contributed by atoms with van der Waals surface area (Å²) in [6, 6.07) is 13.7. The van der Waals surface area contributed by atoms with Crippen molar-refractivity contribution >= 4 is 18.0 Å². The number of para-hydroxylation sites is 1. The molecule has 1 aromatic carbocycles. The molecule has 1 unspecified atom stereocenters. The summed E-state index contributed by atoms with van der Waals surface area (Å²) in [5, 5.41) is 9.45. The minimum atomic E-state index is -1.66. The summed E-state index contributed by atoms with van der Waals surface area (Å²) in [6.45, 7) is -0.232. The zero-order valence-electron chi connectivity index (χ0n) is 10.5. The van der Waals surface area contributed by atoms with Crippen molar-refractivity contribution in [2.75, 3.05) is 6.61 Å². The Labute approximate surface area is 120 Å². The minimum absolute atomic E-state index is 0.211. The fourth-order valence-electron chi connectivity index (χ4n) is 1.66. The van der Waals surface area contributed by atoms with Crippen molar-refractivity contribution in [1.29, 1.82) is 0 Å². The van der Waals surface area contributed by atoms with Crippen molar-refractivity contribution < 1.29 is 19.2 Å². The van der Waals surface area contributed by atoms with Gasteiger partial charge in [-0.1, -0.05) is 24.3 Å². The van der Waals surface area contributed by atoms with E-state index in [0.717, 1.165) is 0 Å². The molecule has 1 heterocycles. The fraction of sp³-hybridized carbons (Fsp3) is 0.143. The normalized spacial score (nSPS) is 13.4. The summed E-state index contributed by atoms with van der Waals surface area (Å²) >= 11 is 0.211. The van der Waals surface area contributed by atoms with Crippen LogP contribution in [0.3, 0.4) is 0 Å². The van der Waals surface area contributed by atoms with Crippen LogP contribution >= 0.6 is 12.0 Å². The van der Waals surface area contributed by atoms with Gasteiger partial charge in [0.05, 0.1) is 5.69 Å². The number of carbonyl (C=O) groups is 1. The molecule has 2 N–H and O–H groups in total. The Kier molecular flexibility index (Phi) is 4.60. The van der Waals surface area contributed by atoms with Crippen LogP contribution < -0.4 is 4.74 Å². The number of hydrogen-bond donors (Lipinski definition) is 2. The zero-order chi connectivity index (χ0) is 14.4. The van der Waals surface area contributed by atoms with Gasteiger partial charge in [0.15, 0.2) is 0 Å². The number of aliphatic carboxylic acids is 1. The summed E-state index contributed by atoms with van der Waals surface area (Å²) in [4.78, 5) is 15.6. The van der Waals surface area contributed by atoms with Crippen LogP contribution in [0.1, 0.15) is 5.69 Å². The van der Waals surface area contributed by atoms with E-state index < -0.39 is 10.7 Å². The lowest BCUT2D eigenvalue weighted by Gasteiger charge is -2.25. The molecule has 0 radical (unpaired) electrons. The number of hydrogen-bond acceptors (Lipinski definition) is 5. The van der Waals surface area contributed by atoms with Crippen molar-refractivity contribution in [3.8, 4) is 5.75 Å². The van der Waals surface area contributed by atoms with Gasteiger partial charge in [-0.2, -0.15) is 0 Å². The molecule has 104 valence electrons. The Morgan fingerprint density at radius 2 is 1.90 bits per heavy atom. The SMILES string of the molecule is O=C(O)C(COc1ccccc1)(SO)c1ccccn1. The number of rotatable bonds is 6. The highest BCUT2D eigenvalue weighted by atomic mass is 32.2. The van der Waals surface area contributed by atoms with Crippen LogP contribution in [0.15, 0.2) is 54.7 Å². The highest BCUT2D eigenvalue weighted by Gasteiger charge is 2.44. The first-order valence-corrected chi connectivity index (χ1v) is 6.62. The van der Waals surface area contributed by atoms with E-state index in [1.165, 1.54) is 6.20 Å². The third-order valence-electron chi connectivity index (χ3n) is 2.77. The lowest BCUT2D eigenvalue weighted by atomic mass is 10.1. The third kappa shape index (κ3) is 2.92. The molecule has 0 spiro atoms. The standard InChI is InChI=1S/C14H13NO4S/c16-13(17)14(20-18,12-8-4-5-9-15-12)10-19-11-6-2-1-3-7-11/h1-9,18H,10H2,(H,16,17). The van der Waals surface area contributed by atoms with Crippen molar-refractivity contribution in [2.45, 2.75) is 4.75 Å². The van der Waals surface area contributed by atoms with Crippen molar-refractivity contribution in [1.82, 2.24) is 4.98 Å². The van der Waals surface area contributed by atoms with Crippen molar-refractivity contribution in [3.63, 3.8) is 0 Å². The maximum absolute atomic E-state index is 11.6. The maximum atomic E-state index is 11.6. The van der Waals surface area contributed by atoms with Crippen molar-refractivity contribution in [2.24, 2.45) is 0 Å². The van der Waals surface area contributed by atoms with Gasteiger partial charge >= 0.3 is 5.97 Å². The molecule has 0 aliphatic rings. The van der Waals surface area contributed by atoms with E-state index in [2.05, 4.69) is 4.98 Å². The van der Waals surface area contributed by atoms with E-state index in [0.29, 0.717) is 5.75 Å². The van der Waals surface area contributed by atoms with Gasteiger partial charge in [0.1, 0.15) is 12.4 Å². The van der Waals surface area contributed by atoms with Gasteiger partial charge in [0.25, 0.3) is 0 Å². The topological polar surface area (TPSA) is 79.7 Å². The molecule has 1 aromatic heterocycles. The second kappa shape index (κ2) is 6.40. The smallest absolute Gasteiger partial charge is 0.331 e. The van der Waals surface area contributed by atoms with Crippen molar-refractivity contribution in [3.05, 3.63) is 60.4 Å². The summed E-state index contributed by atoms with van der Waals surface area (Å²) in [5.41, 5.74) is 0.232. The van der Waals surface area contributed by atoms with Crippen LogP contribution in [0.5, 0.6) is 5.75 Å². The molecule has 2 aromatic rings. The Bertz CT molecular complexity index is 564. The third-order valence-corrected chi connectivity index (χ3v) is 3.58. The Morgan fingerprint density at radius 3 is 2.45 bits per heavy atom. The van der Waals surface area contributed by atoms with Crippen LogP contribution in [0.25, 0.3) is 0 Å². The molecule has 2 rings (SSSR count). The van der Waals surface area contributed by atoms with Crippen LogP contribution in [0.4, 0.5) is 0 Å². The van der Waals surface area contributed by atoms with Gasteiger partial charge in [0, 0.05) is 18.2 Å². The molecule has 1 atom stereocenters. The zero-order valence-corrected chi connectivity index (χ0v) is 11.3. The summed E-state index contributed by atoms with van der Waals surface area (Å²) in [5.74, 6) is -0.678. The van der Waals surface area contributed by atoms with E-state index in [-0.39, 0.29) is 24.3 Å². The van der Waals surface area contributed by atoms with Gasteiger partial charge in [-0.15, -0.1) is 0 Å². The number of carboxylic acids is 1. The predicted molar refractivity (Wildman–Crippen MR) is 75.7 cm³/mol. The Morgan fingerprint density at radius 1 is 1.20 bits per heavy atom. The van der Waals surface area contributed by atoms with E-state index in [1.54, 1.807) is 42.5 Å². The minimum Gasteiger partial charge on any atom is -0.491 e. The fourth-order valence-corrected chi connectivity index (χ4v) is 2.06. The first kappa shape index (κ1) is 14.4. The summed E-state index contributed by atoms with van der Waals surface area (Å²) < 4.78 is 13.3. The lowest BCUT2D eigenvalue weighted by Crippen LogP contribution is -2.39. The molecule has 6 heteroatoms. The maximum Gasteiger partial charge on any atom is 0.331 e. The van der Waals surface area contributed by atoms with Crippen LogP contribution in [0.2, 0.25) is 0 Å². The first-order chi connectivity index (χ1) is 9.69. The van der Waals surface area contributed by atoms with E-state index in [1.807, 2.05) is 6.07 Å². The van der Waals surface area contributed by atoms with Crippen LogP contribution in [-0.4, -0.2) is 27.2 Å². The summed E-state index contributed by atoms with van der Waals surface area (Å²) in [6.07, 6.45) is 1.48. The molecule has 0 saturated heterocycles. The highest BCUT2D eigenvalue weighted by Crippen LogP contribution is 2.34. The number of ether oxygens (including phenoxy) is 1. The largest absolute Gasteiger partial charge is 0.491 e. The molecular weight excluding hydrogens is 278 g/mol. The lowest BCUT2D eigenvalue weighted by molar-refractivity contribution is -0.141. The number of carboxylic acid groups (broad SMARTS) is 1. The summed E-state index contributed by atoms with van der Waals surface area (Å²) in [7, 11) is 0. The molecule has 0 fully saturated rings. The Balaban J connectivity index is 2.26. The number of benzene rings is 1. The van der Waals surface area contributed by atoms with Crippen LogP contribution in [-0.2, 0) is 9.54 Å². The molecule has 0 aliphatic carbocycles. The molecule has 20 heavy (non-hydrogen) atoms. The van der Waals surface area contributed by atoms with Gasteiger partial charge < -0.3 is 14.4 Å². The van der Waals surface area contributed by atoms with Gasteiger partial charge in [-0.3, -0.25) is 9.78 Å². The van der Waals surface area contributed by atoms with E-state index in [9.17, 15) is 14.5 Å². The predicted octanol–water partition coefficient (Wildman–Crippen LogP) is 2.65. The average Bonchev–Trinajstić information content (AvgIpc) is 2.50. The van der Waals surface area contributed by atoms with E-state index in [4.69, 9.17) is 4.74 Å². The Hall–Kier alpha value is -2.05. The van der Waals surface area contributed by atoms with Gasteiger partial charge in [-0.05, 0) is 24.3 Å². The first-order valence-electron chi connectivity index (χ1n) is 5.84. The monoisotopic (exact) mass is 291 g/mol. The molecular formula is C14H13NO4S. The van der Waals surface area contributed by atoms with Gasteiger partial charge in [-0.25, -0.2) is 0 Å². The molecule has 0 amide bonds. The number of pyridine rings is 1. The van der Waals surface area contributed by atoms with Gasteiger partial charge in [0.2, 0.25) is 4.75 Å². The quantitative estimate of drug-likeness (QED) is 0.796. The van der Waals surface area contributed by atoms with E-state index >= 15 is 0 Å². The second-order valence-corrected chi connectivity index (χ2v) is 4.92. The molecule has 0 aliphatic heterocycles. The number of nitrogens with zero attached hydrogens (tertiary/aromatic N) is 1. The molecule has 0 saturated carbocycles. The number of aromatic nitrogens is 1. The highest BCUT2D eigenvalue weighted by molar-refractivity contribution is 7.95. The average molecular weight is 291 g/mol. The molecule has 0 bridgehead atoms. The van der Waals surface area contributed by atoms with Crippen LogP contribution in [0, 0.1) is 0 Å². The molecule has 5 nitrogen and oxygen atoms in total.